The first-order chi connectivity index (χ1) is 5.24. The van der Waals surface area contributed by atoms with Crippen molar-refractivity contribution in [1.29, 1.82) is 0 Å². The molecule has 0 saturated heterocycles. The van der Waals surface area contributed by atoms with Gasteiger partial charge < -0.3 is 9.30 Å². The number of ether oxygens (including phenoxy) is 1. The maximum absolute atomic E-state index is 5.20. The summed E-state index contributed by atoms with van der Waals surface area (Å²) in [6.07, 6.45) is 6.95. The average Bonchev–Trinajstić information content (AvgIpc) is 2.28. The third-order valence-electron chi connectivity index (χ3n) is 1.55. The van der Waals surface area contributed by atoms with Crippen molar-refractivity contribution in [3.8, 4) is 18.1 Å². The van der Waals surface area contributed by atoms with Gasteiger partial charge in [-0.3, -0.25) is 0 Å². The second-order valence-electron chi connectivity index (χ2n) is 2.42. The second kappa shape index (κ2) is 3.16. The summed E-state index contributed by atoms with van der Waals surface area (Å²) in [4.78, 5) is 0. The first-order valence-corrected chi connectivity index (χ1v) is 3.43. The maximum atomic E-state index is 5.20. The summed E-state index contributed by atoms with van der Waals surface area (Å²) in [5.41, 5.74) is 1.16. The van der Waals surface area contributed by atoms with Crippen LogP contribution in [0.1, 0.15) is 5.69 Å². The SMILES string of the molecule is C#CCOc1cc(C)n(C)c1. The lowest BCUT2D eigenvalue weighted by atomic mass is 10.5. The predicted molar refractivity (Wildman–Crippen MR) is 44.5 cm³/mol. The van der Waals surface area contributed by atoms with Crippen molar-refractivity contribution in [3.05, 3.63) is 18.0 Å². The fraction of sp³-hybridized carbons (Fsp3) is 0.333. The molecule has 0 saturated carbocycles. The lowest BCUT2D eigenvalue weighted by molar-refractivity contribution is 0.370. The van der Waals surface area contributed by atoms with E-state index in [2.05, 4.69) is 5.92 Å². The Balaban J connectivity index is 2.67. The number of rotatable bonds is 2. The number of hydrogen-bond donors (Lipinski definition) is 0. The average molecular weight is 149 g/mol. The minimum atomic E-state index is 0.337. The highest BCUT2D eigenvalue weighted by Crippen LogP contribution is 2.13. The molecule has 0 radical (unpaired) electrons. The van der Waals surface area contributed by atoms with E-state index < -0.39 is 0 Å². The standard InChI is InChI=1S/C9H11NO/c1-4-5-11-9-6-8(2)10(3)7-9/h1,6-7H,5H2,2-3H3. The zero-order chi connectivity index (χ0) is 8.27. The molecular weight excluding hydrogens is 138 g/mol. The second-order valence-corrected chi connectivity index (χ2v) is 2.42. The lowest BCUT2D eigenvalue weighted by Gasteiger charge is -1.94. The maximum Gasteiger partial charge on any atom is 0.148 e. The lowest BCUT2D eigenvalue weighted by Crippen LogP contribution is -1.91. The Morgan fingerprint density at radius 2 is 2.45 bits per heavy atom. The van der Waals surface area contributed by atoms with E-state index in [0.29, 0.717) is 6.61 Å². The molecule has 0 bridgehead atoms. The molecule has 0 N–H and O–H groups in total. The van der Waals surface area contributed by atoms with Crippen LogP contribution in [0.5, 0.6) is 5.75 Å². The summed E-state index contributed by atoms with van der Waals surface area (Å²) >= 11 is 0. The monoisotopic (exact) mass is 149 g/mol. The molecule has 11 heavy (non-hydrogen) atoms. The Labute approximate surface area is 66.8 Å². The van der Waals surface area contributed by atoms with Crippen molar-refractivity contribution in [3.63, 3.8) is 0 Å². The quantitative estimate of drug-likeness (QED) is 0.579. The van der Waals surface area contributed by atoms with E-state index in [4.69, 9.17) is 11.2 Å². The number of hydrogen-bond acceptors (Lipinski definition) is 1. The number of nitrogens with zero attached hydrogens (tertiary/aromatic N) is 1. The normalized spacial score (nSPS) is 9.18. The van der Waals surface area contributed by atoms with Crippen molar-refractivity contribution in [2.24, 2.45) is 7.05 Å². The molecule has 0 atom stereocenters. The van der Waals surface area contributed by atoms with Gasteiger partial charge in [-0.25, -0.2) is 0 Å². The van der Waals surface area contributed by atoms with Crippen LogP contribution < -0.4 is 4.74 Å². The van der Waals surface area contributed by atoms with E-state index in [-0.39, 0.29) is 0 Å². The van der Waals surface area contributed by atoms with Gasteiger partial charge in [0, 0.05) is 25.0 Å². The molecule has 0 aliphatic rings. The third kappa shape index (κ3) is 1.78. The summed E-state index contributed by atoms with van der Waals surface area (Å²) in [5, 5.41) is 0. The number of aryl methyl sites for hydroxylation is 2. The van der Waals surface area contributed by atoms with Crippen molar-refractivity contribution in [2.45, 2.75) is 6.92 Å². The molecule has 0 unspecified atom stereocenters. The van der Waals surface area contributed by atoms with Crippen molar-refractivity contribution < 1.29 is 4.74 Å². The molecule has 0 spiro atoms. The summed E-state index contributed by atoms with van der Waals surface area (Å²) in [7, 11) is 1.97. The Morgan fingerprint density at radius 1 is 1.73 bits per heavy atom. The number of terminal acetylenes is 1. The van der Waals surface area contributed by atoms with E-state index >= 15 is 0 Å². The molecule has 0 fully saturated rings. The van der Waals surface area contributed by atoms with Gasteiger partial charge in [0.15, 0.2) is 0 Å². The van der Waals surface area contributed by atoms with Crippen LogP contribution >= 0.6 is 0 Å². The molecule has 1 rings (SSSR count). The van der Waals surface area contributed by atoms with Gasteiger partial charge in [-0.2, -0.15) is 0 Å². The predicted octanol–water partition coefficient (Wildman–Crippen LogP) is 1.35. The fourth-order valence-electron chi connectivity index (χ4n) is 0.842. The van der Waals surface area contributed by atoms with Gasteiger partial charge in [-0.15, -0.1) is 6.42 Å². The molecular formula is C9H11NO. The zero-order valence-electron chi connectivity index (χ0n) is 6.79. The molecule has 1 heterocycles. The first-order valence-electron chi connectivity index (χ1n) is 3.43. The van der Waals surface area contributed by atoms with Crippen LogP contribution in [0.3, 0.4) is 0 Å². The topological polar surface area (TPSA) is 14.2 Å². The molecule has 2 nitrogen and oxygen atoms in total. The highest BCUT2D eigenvalue weighted by Gasteiger charge is 1.97. The van der Waals surface area contributed by atoms with E-state index in [1.54, 1.807) is 0 Å². The van der Waals surface area contributed by atoms with Crippen LogP contribution in [-0.2, 0) is 7.05 Å². The Morgan fingerprint density at radius 3 is 2.91 bits per heavy atom. The van der Waals surface area contributed by atoms with Gasteiger partial charge in [0.05, 0.1) is 0 Å². The minimum Gasteiger partial charge on any atom is -0.479 e. The van der Waals surface area contributed by atoms with Crippen LogP contribution in [0.2, 0.25) is 0 Å². The van der Waals surface area contributed by atoms with Gasteiger partial charge >= 0.3 is 0 Å². The van der Waals surface area contributed by atoms with Crippen molar-refractivity contribution in [2.75, 3.05) is 6.61 Å². The number of aromatic nitrogens is 1. The van der Waals surface area contributed by atoms with E-state index in [1.165, 1.54) is 0 Å². The summed E-state index contributed by atoms with van der Waals surface area (Å²) in [6.45, 7) is 2.35. The van der Waals surface area contributed by atoms with Gasteiger partial charge in [0.2, 0.25) is 0 Å². The summed E-state index contributed by atoms with van der Waals surface area (Å²) in [6, 6.07) is 1.96. The van der Waals surface area contributed by atoms with Gasteiger partial charge in [-0.1, -0.05) is 5.92 Å². The van der Waals surface area contributed by atoms with Crippen LogP contribution in [0, 0.1) is 19.3 Å². The van der Waals surface area contributed by atoms with Crippen LogP contribution in [-0.4, -0.2) is 11.2 Å². The highest BCUT2D eigenvalue weighted by molar-refractivity contribution is 5.23. The molecule has 0 aliphatic carbocycles. The molecule has 0 aromatic carbocycles. The summed E-state index contributed by atoms with van der Waals surface area (Å²) < 4.78 is 7.19. The van der Waals surface area contributed by atoms with E-state index in [0.717, 1.165) is 11.4 Å². The molecule has 1 aromatic rings. The highest BCUT2D eigenvalue weighted by atomic mass is 16.5. The third-order valence-corrected chi connectivity index (χ3v) is 1.55. The fourth-order valence-corrected chi connectivity index (χ4v) is 0.842. The van der Waals surface area contributed by atoms with Crippen LogP contribution in [0.4, 0.5) is 0 Å². The van der Waals surface area contributed by atoms with Crippen LogP contribution in [0.25, 0.3) is 0 Å². The minimum absolute atomic E-state index is 0.337. The zero-order valence-corrected chi connectivity index (χ0v) is 6.79. The van der Waals surface area contributed by atoms with Crippen molar-refractivity contribution >= 4 is 0 Å². The Kier molecular flexibility index (Phi) is 2.22. The molecule has 0 aliphatic heterocycles. The first kappa shape index (κ1) is 7.74. The largest absolute Gasteiger partial charge is 0.479 e. The molecule has 1 aromatic heterocycles. The smallest absolute Gasteiger partial charge is 0.148 e. The Hall–Kier alpha value is -1.36. The summed E-state index contributed by atoms with van der Waals surface area (Å²) in [5.74, 6) is 3.25. The van der Waals surface area contributed by atoms with E-state index in [1.807, 2.05) is 30.8 Å². The van der Waals surface area contributed by atoms with Gasteiger partial charge in [-0.05, 0) is 6.92 Å². The molecule has 0 amide bonds. The van der Waals surface area contributed by atoms with Crippen LogP contribution in [0.15, 0.2) is 12.3 Å². The van der Waals surface area contributed by atoms with E-state index in [9.17, 15) is 0 Å². The molecule has 58 valence electrons. The van der Waals surface area contributed by atoms with Gasteiger partial charge in [0.1, 0.15) is 12.4 Å². The van der Waals surface area contributed by atoms with Gasteiger partial charge in [0.25, 0.3) is 0 Å². The Bertz CT molecular complexity index is 261. The molecule has 2 heteroatoms. The van der Waals surface area contributed by atoms with Crippen molar-refractivity contribution in [1.82, 2.24) is 4.57 Å².